The quantitative estimate of drug-likeness (QED) is 0.434. The van der Waals surface area contributed by atoms with Crippen molar-refractivity contribution in [1.82, 2.24) is 30.4 Å². The molecular weight excluding hydrogens is 304 g/mol. The predicted octanol–water partition coefficient (Wildman–Crippen LogP) is 1.27. The first-order chi connectivity index (χ1) is 11.8. The first kappa shape index (κ1) is 16.5. The van der Waals surface area contributed by atoms with Gasteiger partial charge in [-0.25, -0.2) is 9.97 Å². The molecule has 0 radical (unpaired) electrons. The molecule has 2 heterocycles. The highest BCUT2D eigenvalue weighted by molar-refractivity contribution is 5.86. The Morgan fingerprint density at radius 1 is 1.25 bits per heavy atom. The summed E-state index contributed by atoms with van der Waals surface area (Å²) in [5.74, 6) is 1.68. The second kappa shape index (κ2) is 7.94. The molecule has 2 aromatic heterocycles. The number of aliphatic imine (C=N–C) groups is 1. The van der Waals surface area contributed by atoms with E-state index in [1.165, 1.54) is 32.1 Å². The molecule has 1 fully saturated rings. The molecule has 0 amide bonds. The Balaban J connectivity index is 1.47. The number of hydrogen-bond acceptors (Lipinski definition) is 5. The van der Waals surface area contributed by atoms with E-state index in [1.54, 1.807) is 17.2 Å². The van der Waals surface area contributed by atoms with Crippen LogP contribution in [-0.2, 0) is 7.05 Å². The number of nitrogens with one attached hydrogen (secondary N) is 3. The van der Waals surface area contributed by atoms with Crippen molar-refractivity contribution in [2.45, 2.75) is 38.1 Å². The number of anilines is 1. The largest absolute Gasteiger partial charge is 0.368 e. The number of aryl methyl sites for hydroxylation is 1. The monoisotopic (exact) mass is 330 g/mol. The standard InChI is InChI=1S/C16H26N8/c1-17-16(23-12-6-4-3-5-7-12)19-9-8-18-14-13-10-22-24(2)15(13)21-11-20-14/h10-12H,3-9H2,1-2H3,(H2,17,19,23)(H,18,20,21). The van der Waals surface area contributed by atoms with Gasteiger partial charge in [-0.15, -0.1) is 0 Å². The number of hydrogen-bond donors (Lipinski definition) is 3. The molecule has 3 rings (SSSR count). The zero-order valence-electron chi connectivity index (χ0n) is 14.4. The van der Waals surface area contributed by atoms with Gasteiger partial charge in [-0.3, -0.25) is 9.67 Å². The zero-order valence-corrected chi connectivity index (χ0v) is 14.4. The normalized spacial score (nSPS) is 16.3. The van der Waals surface area contributed by atoms with E-state index in [0.29, 0.717) is 6.04 Å². The summed E-state index contributed by atoms with van der Waals surface area (Å²) in [7, 11) is 3.69. The Morgan fingerprint density at radius 3 is 2.88 bits per heavy atom. The molecule has 1 aliphatic carbocycles. The highest BCUT2D eigenvalue weighted by Crippen LogP contribution is 2.18. The first-order valence-electron chi connectivity index (χ1n) is 8.61. The molecule has 0 unspecified atom stereocenters. The van der Waals surface area contributed by atoms with Crippen LogP contribution < -0.4 is 16.0 Å². The maximum absolute atomic E-state index is 4.31. The van der Waals surface area contributed by atoms with Crippen molar-refractivity contribution in [3.63, 3.8) is 0 Å². The van der Waals surface area contributed by atoms with Crippen molar-refractivity contribution < 1.29 is 0 Å². The van der Waals surface area contributed by atoms with Crippen LogP contribution in [0.2, 0.25) is 0 Å². The number of rotatable bonds is 5. The van der Waals surface area contributed by atoms with Gasteiger partial charge in [0, 0.05) is 33.2 Å². The van der Waals surface area contributed by atoms with E-state index in [0.717, 1.165) is 35.9 Å². The van der Waals surface area contributed by atoms with E-state index in [9.17, 15) is 0 Å². The Morgan fingerprint density at radius 2 is 2.08 bits per heavy atom. The van der Waals surface area contributed by atoms with Crippen molar-refractivity contribution in [1.29, 1.82) is 0 Å². The lowest BCUT2D eigenvalue weighted by Crippen LogP contribution is -2.45. The van der Waals surface area contributed by atoms with Crippen LogP contribution in [0, 0.1) is 0 Å². The fourth-order valence-electron chi connectivity index (χ4n) is 3.10. The minimum Gasteiger partial charge on any atom is -0.368 e. The average molecular weight is 330 g/mol. The van der Waals surface area contributed by atoms with Crippen LogP contribution in [0.5, 0.6) is 0 Å². The van der Waals surface area contributed by atoms with Gasteiger partial charge in [0.05, 0.1) is 11.6 Å². The third kappa shape index (κ3) is 3.93. The summed E-state index contributed by atoms with van der Waals surface area (Å²) in [6.45, 7) is 1.50. The molecule has 3 N–H and O–H groups in total. The molecule has 0 aromatic carbocycles. The summed E-state index contributed by atoms with van der Waals surface area (Å²) in [6, 6.07) is 0.551. The van der Waals surface area contributed by atoms with E-state index in [-0.39, 0.29) is 0 Å². The van der Waals surface area contributed by atoms with Crippen LogP contribution in [0.1, 0.15) is 32.1 Å². The summed E-state index contributed by atoms with van der Waals surface area (Å²) >= 11 is 0. The van der Waals surface area contributed by atoms with Gasteiger partial charge in [-0.1, -0.05) is 19.3 Å². The van der Waals surface area contributed by atoms with Crippen molar-refractivity contribution in [2.75, 3.05) is 25.5 Å². The molecule has 24 heavy (non-hydrogen) atoms. The van der Waals surface area contributed by atoms with Crippen LogP contribution >= 0.6 is 0 Å². The molecule has 0 aliphatic heterocycles. The lowest BCUT2D eigenvalue weighted by Gasteiger charge is -2.24. The molecule has 8 nitrogen and oxygen atoms in total. The van der Waals surface area contributed by atoms with Crippen molar-refractivity contribution >= 4 is 22.8 Å². The molecule has 0 saturated heterocycles. The molecule has 130 valence electrons. The Labute approximate surface area is 142 Å². The van der Waals surface area contributed by atoms with Gasteiger partial charge >= 0.3 is 0 Å². The van der Waals surface area contributed by atoms with E-state index < -0.39 is 0 Å². The van der Waals surface area contributed by atoms with Crippen molar-refractivity contribution in [3.05, 3.63) is 12.5 Å². The minimum atomic E-state index is 0.551. The molecule has 2 aromatic rings. The Kier molecular flexibility index (Phi) is 5.45. The average Bonchev–Trinajstić information content (AvgIpc) is 3.00. The molecule has 0 bridgehead atoms. The molecule has 1 saturated carbocycles. The number of aromatic nitrogens is 4. The van der Waals surface area contributed by atoms with Gasteiger partial charge in [0.15, 0.2) is 11.6 Å². The molecule has 8 heteroatoms. The third-order valence-corrected chi connectivity index (χ3v) is 4.41. The molecule has 1 aliphatic rings. The highest BCUT2D eigenvalue weighted by atomic mass is 15.3. The fourth-order valence-corrected chi connectivity index (χ4v) is 3.10. The first-order valence-corrected chi connectivity index (χ1v) is 8.61. The minimum absolute atomic E-state index is 0.551. The van der Waals surface area contributed by atoms with Gasteiger partial charge in [0.25, 0.3) is 0 Å². The number of fused-ring (bicyclic) bond motifs is 1. The maximum atomic E-state index is 4.31. The second-order valence-corrected chi connectivity index (χ2v) is 6.13. The van der Waals surface area contributed by atoms with Crippen LogP contribution in [0.4, 0.5) is 5.82 Å². The smallest absolute Gasteiger partial charge is 0.191 e. The molecular formula is C16H26N8. The van der Waals surface area contributed by atoms with Gasteiger partial charge < -0.3 is 16.0 Å². The Hall–Kier alpha value is -2.38. The van der Waals surface area contributed by atoms with Gasteiger partial charge in [0.1, 0.15) is 12.1 Å². The van der Waals surface area contributed by atoms with Crippen LogP contribution in [-0.4, -0.2) is 51.9 Å². The third-order valence-electron chi connectivity index (χ3n) is 4.41. The topological polar surface area (TPSA) is 92.1 Å². The molecule has 0 spiro atoms. The molecule has 0 atom stereocenters. The predicted molar refractivity (Wildman–Crippen MR) is 96.2 cm³/mol. The van der Waals surface area contributed by atoms with Crippen molar-refractivity contribution in [3.8, 4) is 0 Å². The SMILES string of the molecule is CN=C(NCCNc1ncnc2c1cnn2C)NC1CCCCC1. The Bertz CT molecular complexity index is 686. The van der Waals surface area contributed by atoms with Crippen LogP contribution in [0.15, 0.2) is 17.5 Å². The highest BCUT2D eigenvalue weighted by Gasteiger charge is 2.14. The summed E-state index contributed by atoms with van der Waals surface area (Å²) in [5.41, 5.74) is 0.829. The lowest BCUT2D eigenvalue weighted by molar-refractivity contribution is 0.410. The zero-order chi connectivity index (χ0) is 16.8. The van der Waals surface area contributed by atoms with E-state index in [1.807, 2.05) is 14.1 Å². The maximum Gasteiger partial charge on any atom is 0.191 e. The summed E-state index contributed by atoms with van der Waals surface area (Å²) in [6.07, 6.45) is 9.79. The summed E-state index contributed by atoms with van der Waals surface area (Å²) in [4.78, 5) is 12.8. The van der Waals surface area contributed by atoms with E-state index in [2.05, 4.69) is 36.0 Å². The second-order valence-electron chi connectivity index (χ2n) is 6.13. The number of guanidine groups is 1. The summed E-state index contributed by atoms with van der Waals surface area (Å²) < 4.78 is 1.75. The van der Waals surface area contributed by atoms with Gasteiger partial charge in [-0.2, -0.15) is 5.10 Å². The van der Waals surface area contributed by atoms with Crippen LogP contribution in [0.3, 0.4) is 0 Å². The van der Waals surface area contributed by atoms with Crippen molar-refractivity contribution in [2.24, 2.45) is 12.0 Å². The van der Waals surface area contributed by atoms with E-state index in [4.69, 9.17) is 0 Å². The van der Waals surface area contributed by atoms with Crippen LogP contribution in [0.25, 0.3) is 11.0 Å². The fraction of sp³-hybridized carbons (Fsp3) is 0.625. The van der Waals surface area contributed by atoms with Gasteiger partial charge in [-0.05, 0) is 12.8 Å². The number of nitrogens with zero attached hydrogens (tertiary/aromatic N) is 5. The van der Waals surface area contributed by atoms with E-state index >= 15 is 0 Å². The van der Waals surface area contributed by atoms with Gasteiger partial charge in [0.2, 0.25) is 0 Å². The summed E-state index contributed by atoms with van der Waals surface area (Å²) in [5, 5.41) is 15.4. The lowest BCUT2D eigenvalue weighted by atomic mass is 9.96.